The van der Waals surface area contributed by atoms with Gasteiger partial charge in [-0.25, -0.2) is 0 Å². The summed E-state index contributed by atoms with van der Waals surface area (Å²) >= 11 is 6.05. The molecule has 0 radical (unpaired) electrons. The number of rotatable bonds is 11. The van der Waals surface area contributed by atoms with E-state index in [0.29, 0.717) is 29.9 Å². The summed E-state index contributed by atoms with van der Waals surface area (Å²) in [6.07, 6.45) is 0. The summed E-state index contributed by atoms with van der Waals surface area (Å²) in [5.74, 6) is 1.53. The topological polar surface area (TPSA) is 67.6 Å². The fourth-order valence-electron chi connectivity index (χ4n) is 3.58. The minimum absolute atomic E-state index is 0.0333. The van der Waals surface area contributed by atoms with Crippen molar-refractivity contribution in [3.63, 3.8) is 0 Å². The second-order valence-electron chi connectivity index (χ2n) is 8.30. The molecule has 1 atom stereocenters. The summed E-state index contributed by atoms with van der Waals surface area (Å²) in [7, 11) is 0. The zero-order valence-electron chi connectivity index (χ0n) is 19.7. The van der Waals surface area contributed by atoms with Gasteiger partial charge in [-0.3, -0.25) is 9.69 Å². The van der Waals surface area contributed by atoms with E-state index < -0.39 is 0 Å². The van der Waals surface area contributed by atoms with Gasteiger partial charge >= 0.3 is 0 Å². The number of aromatic nitrogens is 1. The minimum Gasteiger partial charge on any atom is -0.493 e. The smallest absolute Gasteiger partial charge is 0.273 e. The normalized spacial score (nSPS) is 12.2. The van der Waals surface area contributed by atoms with Gasteiger partial charge in [-0.15, -0.1) is 0 Å². The molecular weight excluding hydrogens is 438 g/mol. The van der Waals surface area contributed by atoms with E-state index in [1.165, 1.54) is 0 Å². The Bertz CT molecular complexity index is 1010. The summed E-state index contributed by atoms with van der Waals surface area (Å²) < 4.78 is 11.1. The van der Waals surface area contributed by atoms with Crippen molar-refractivity contribution in [3.05, 3.63) is 70.9 Å². The molecule has 176 valence electrons. The summed E-state index contributed by atoms with van der Waals surface area (Å²) in [6, 6.07) is 17.0. The molecule has 0 saturated carbocycles. The number of nitrogens with one attached hydrogen (secondary N) is 1. The first-order valence-corrected chi connectivity index (χ1v) is 11.8. The molecule has 0 unspecified atom stereocenters. The monoisotopic (exact) mass is 469 g/mol. The van der Waals surface area contributed by atoms with E-state index in [9.17, 15) is 4.79 Å². The molecule has 0 aliphatic carbocycles. The first kappa shape index (κ1) is 24.8. The van der Waals surface area contributed by atoms with Gasteiger partial charge in [0.05, 0.1) is 12.6 Å². The van der Waals surface area contributed by atoms with Crippen LogP contribution >= 0.6 is 11.6 Å². The van der Waals surface area contributed by atoms with Crippen molar-refractivity contribution in [3.8, 4) is 17.1 Å². The molecule has 2 aromatic carbocycles. The molecule has 0 saturated heterocycles. The van der Waals surface area contributed by atoms with Gasteiger partial charge < -0.3 is 14.6 Å². The van der Waals surface area contributed by atoms with Crippen molar-refractivity contribution in [2.75, 3.05) is 26.2 Å². The van der Waals surface area contributed by atoms with E-state index in [0.717, 1.165) is 30.0 Å². The Hall–Kier alpha value is -2.83. The summed E-state index contributed by atoms with van der Waals surface area (Å²) in [5.41, 5.74) is 2.18. The van der Waals surface area contributed by atoms with Crippen molar-refractivity contribution in [1.82, 2.24) is 15.4 Å². The lowest BCUT2D eigenvalue weighted by Crippen LogP contribution is -2.38. The number of halogens is 1. The molecule has 3 rings (SSSR count). The molecule has 7 heteroatoms. The Morgan fingerprint density at radius 2 is 1.76 bits per heavy atom. The number of ether oxygens (including phenoxy) is 1. The highest BCUT2D eigenvalue weighted by Gasteiger charge is 2.21. The largest absolute Gasteiger partial charge is 0.493 e. The maximum atomic E-state index is 12.8. The Labute approximate surface area is 200 Å². The number of amides is 1. The lowest BCUT2D eigenvalue weighted by atomic mass is 10.0. The van der Waals surface area contributed by atoms with E-state index in [-0.39, 0.29) is 17.6 Å². The van der Waals surface area contributed by atoms with Crippen molar-refractivity contribution >= 4 is 17.5 Å². The molecule has 1 heterocycles. The van der Waals surface area contributed by atoms with E-state index in [1.807, 2.05) is 48.5 Å². The zero-order chi connectivity index (χ0) is 23.8. The Morgan fingerprint density at radius 3 is 2.36 bits per heavy atom. The van der Waals surface area contributed by atoms with Gasteiger partial charge in [0.25, 0.3) is 5.91 Å². The first-order chi connectivity index (χ1) is 15.9. The van der Waals surface area contributed by atoms with Gasteiger partial charge in [0, 0.05) is 23.2 Å². The molecule has 0 bridgehead atoms. The third kappa shape index (κ3) is 6.83. The van der Waals surface area contributed by atoms with Crippen LogP contribution in [0.3, 0.4) is 0 Å². The van der Waals surface area contributed by atoms with Gasteiger partial charge in [-0.1, -0.05) is 56.6 Å². The number of likely N-dealkylation sites (N-methyl/N-ethyl adjacent to an activating group) is 1. The van der Waals surface area contributed by atoms with Crippen LogP contribution in [0.2, 0.25) is 5.02 Å². The summed E-state index contributed by atoms with van der Waals surface area (Å²) in [4.78, 5) is 15.1. The Balaban J connectivity index is 1.66. The molecule has 3 aromatic rings. The van der Waals surface area contributed by atoms with Crippen molar-refractivity contribution < 1.29 is 14.1 Å². The number of hydrogen-bond donors (Lipinski definition) is 1. The molecule has 33 heavy (non-hydrogen) atoms. The van der Waals surface area contributed by atoms with Crippen molar-refractivity contribution in [2.45, 2.75) is 33.7 Å². The molecule has 1 amide bonds. The lowest BCUT2D eigenvalue weighted by molar-refractivity contribution is 0.0926. The van der Waals surface area contributed by atoms with Crippen LogP contribution in [0.25, 0.3) is 11.3 Å². The first-order valence-electron chi connectivity index (χ1n) is 11.4. The molecule has 0 fully saturated rings. The Kier molecular flexibility index (Phi) is 8.92. The number of hydrogen-bond acceptors (Lipinski definition) is 5. The zero-order valence-corrected chi connectivity index (χ0v) is 20.4. The predicted octanol–water partition coefficient (Wildman–Crippen LogP) is 5.84. The molecule has 6 nitrogen and oxygen atoms in total. The molecule has 0 aliphatic rings. The average molecular weight is 470 g/mol. The number of carbonyl (C=O) groups is 1. The number of benzene rings is 2. The SMILES string of the molecule is CCN(CC)[C@H](CNC(=O)c1cc(-c2ccc(OCC(C)C)cc2)on1)c1ccc(Cl)cc1. The quantitative estimate of drug-likeness (QED) is 0.382. The van der Waals surface area contributed by atoms with Gasteiger partial charge in [0.1, 0.15) is 5.75 Å². The molecule has 1 N–H and O–H groups in total. The van der Waals surface area contributed by atoms with E-state index >= 15 is 0 Å². The molecule has 0 aliphatic heterocycles. The number of carbonyl (C=O) groups excluding carboxylic acids is 1. The highest BCUT2D eigenvalue weighted by Crippen LogP contribution is 2.24. The van der Waals surface area contributed by atoms with Crippen LogP contribution in [-0.4, -0.2) is 42.2 Å². The van der Waals surface area contributed by atoms with Gasteiger partial charge in [-0.05, 0) is 61.0 Å². The lowest BCUT2D eigenvalue weighted by Gasteiger charge is -2.30. The van der Waals surface area contributed by atoms with E-state index in [1.54, 1.807) is 6.07 Å². The van der Waals surface area contributed by atoms with Gasteiger partial charge in [-0.2, -0.15) is 0 Å². The summed E-state index contributed by atoms with van der Waals surface area (Å²) in [5, 5.41) is 7.67. The van der Waals surface area contributed by atoms with Crippen LogP contribution < -0.4 is 10.1 Å². The van der Waals surface area contributed by atoms with Gasteiger partial charge in [0.15, 0.2) is 11.5 Å². The van der Waals surface area contributed by atoms with Crippen molar-refractivity contribution in [2.24, 2.45) is 5.92 Å². The second-order valence-corrected chi connectivity index (χ2v) is 8.74. The van der Waals surface area contributed by atoms with Crippen LogP contribution in [0, 0.1) is 5.92 Å². The van der Waals surface area contributed by atoms with Crippen molar-refractivity contribution in [1.29, 1.82) is 0 Å². The summed E-state index contributed by atoms with van der Waals surface area (Å²) in [6.45, 7) is 11.3. The van der Waals surface area contributed by atoms with Gasteiger partial charge in [0.2, 0.25) is 0 Å². The highest BCUT2D eigenvalue weighted by molar-refractivity contribution is 6.30. The molecule has 1 aromatic heterocycles. The van der Waals surface area contributed by atoms with Crippen LogP contribution in [0.4, 0.5) is 0 Å². The predicted molar refractivity (Wildman–Crippen MR) is 132 cm³/mol. The highest BCUT2D eigenvalue weighted by atomic mass is 35.5. The van der Waals surface area contributed by atoms with Crippen LogP contribution in [0.1, 0.15) is 49.8 Å². The standard InChI is InChI=1S/C26H32ClN3O3/c1-5-30(6-2)24(19-7-11-21(27)12-8-19)16-28-26(31)23-15-25(33-29-23)20-9-13-22(14-10-20)32-17-18(3)4/h7-15,18,24H,5-6,16-17H2,1-4H3,(H,28,31)/t24-/m1/s1. The number of nitrogens with zero attached hydrogens (tertiary/aromatic N) is 2. The third-order valence-electron chi connectivity index (χ3n) is 5.43. The molecule has 0 spiro atoms. The van der Waals surface area contributed by atoms with E-state index in [2.05, 4.69) is 43.1 Å². The van der Waals surface area contributed by atoms with Crippen LogP contribution in [0.15, 0.2) is 59.1 Å². The van der Waals surface area contributed by atoms with E-state index in [4.69, 9.17) is 20.9 Å². The fourth-order valence-corrected chi connectivity index (χ4v) is 3.71. The van der Waals surface area contributed by atoms with Crippen LogP contribution in [-0.2, 0) is 0 Å². The maximum Gasteiger partial charge on any atom is 0.273 e. The second kappa shape index (κ2) is 11.9. The third-order valence-corrected chi connectivity index (χ3v) is 5.68. The maximum absolute atomic E-state index is 12.8. The minimum atomic E-state index is -0.270. The Morgan fingerprint density at radius 1 is 1.09 bits per heavy atom. The average Bonchev–Trinajstić information content (AvgIpc) is 3.32. The van der Waals surface area contributed by atoms with Crippen LogP contribution in [0.5, 0.6) is 5.75 Å². The molecular formula is C26H32ClN3O3. The fraction of sp³-hybridized carbons (Fsp3) is 0.385.